The number of cyclic esters (lactones) is 2. The van der Waals surface area contributed by atoms with E-state index in [4.69, 9.17) is 9.47 Å². The lowest BCUT2D eigenvalue weighted by molar-refractivity contribution is -0.142. The lowest BCUT2D eigenvalue weighted by atomic mass is 10.1. The predicted octanol–water partition coefficient (Wildman–Crippen LogP) is 0.390. The molecule has 8 heteroatoms. The minimum atomic E-state index is -1.06. The molecule has 0 aromatic carbocycles. The summed E-state index contributed by atoms with van der Waals surface area (Å²) in [5.41, 5.74) is 0. The highest BCUT2D eigenvalue weighted by Gasteiger charge is 2.29. The number of carbonyl (C=O) groups excluding carboxylic acids is 2. The Morgan fingerprint density at radius 2 is 1.23 bits per heavy atom. The molecule has 0 amide bonds. The third kappa shape index (κ3) is 5.64. The molecule has 4 atom stereocenters. The standard InChI is InChI=1S/C14H22O6S2/c15-13-11(1-5-19-13)3-7-21(17)9-10-22(18)8-4-12-2-6-20-14(12)16/h11-12H,1-10H2. The lowest BCUT2D eigenvalue weighted by Gasteiger charge is -2.15. The van der Waals surface area contributed by atoms with Crippen LogP contribution in [-0.4, -0.2) is 57.3 Å². The molecule has 0 aromatic heterocycles. The van der Waals surface area contributed by atoms with Crippen LogP contribution in [0.2, 0.25) is 0 Å². The van der Waals surface area contributed by atoms with Crippen molar-refractivity contribution in [2.24, 2.45) is 11.8 Å². The van der Waals surface area contributed by atoms with Crippen LogP contribution in [0.5, 0.6) is 0 Å². The van der Waals surface area contributed by atoms with Crippen molar-refractivity contribution >= 4 is 34.3 Å². The van der Waals surface area contributed by atoms with Crippen LogP contribution < -0.4 is 0 Å². The highest BCUT2D eigenvalue weighted by Crippen LogP contribution is 2.20. The van der Waals surface area contributed by atoms with Gasteiger partial charge in [0.05, 0.1) is 25.0 Å². The Balaban J connectivity index is 1.54. The minimum absolute atomic E-state index is 0.122. The van der Waals surface area contributed by atoms with Gasteiger partial charge in [-0.3, -0.25) is 9.59 Å². The van der Waals surface area contributed by atoms with Crippen LogP contribution in [0, 0.1) is 11.8 Å². The fourth-order valence-electron chi connectivity index (χ4n) is 2.54. The molecule has 2 fully saturated rings. The molecule has 2 rings (SSSR count). The molecule has 2 saturated heterocycles. The van der Waals surface area contributed by atoms with Gasteiger partial charge in [0.15, 0.2) is 0 Å². The second-order valence-corrected chi connectivity index (χ2v) is 8.97. The smallest absolute Gasteiger partial charge is 0.309 e. The molecule has 6 nitrogen and oxygen atoms in total. The summed E-state index contributed by atoms with van der Waals surface area (Å²) in [5.74, 6) is 1.03. The van der Waals surface area contributed by atoms with Gasteiger partial charge in [0, 0.05) is 12.8 Å². The second kappa shape index (κ2) is 9.00. The van der Waals surface area contributed by atoms with Crippen LogP contribution >= 0.6 is 0 Å². The average molecular weight is 350 g/mol. The summed E-state index contributed by atoms with van der Waals surface area (Å²) in [5, 5.41) is 0. The number of ether oxygens (including phenoxy) is 2. The van der Waals surface area contributed by atoms with E-state index in [0.717, 1.165) is 0 Å². The molecule has 22 heavy (non-hydrogen) atoms. The van der Waals surface area contributed by atoms with Gasteiger partial charge >= 0.3 is 11.9 Å². The molecular formula is C14H22O6S2. The number of rotatable bonds is 9. The van der Waals surface area contributed by atoms with E-state index in [-0.39, 0.29) is 23.8 Å². The summed E-state index contributed by atoms with van der Waals surface area (Å²) in [7, 11) is 0. The normalized spacial score (nSPS) is 27.5. The van der Waals surface area contributed by atoms with Crippen molar-refractivity contribution in [1.29, 1.82) is 0 Å². The molecule has 0 bridgehead atoms. The first-order valence-electron chi connectivity index (χ1n) is 7.59. The van der Waals surface area contributed by atoms with Crippen LogP contribution in [0.3, 0.4) is 0 Å². The van der Waals surface area contributed by atoms with Gasteiger partial charge in [0.25, 0.3) is 0 Å². The van der Waals surface area contributed by atoms with E-state index >= 15 is 0 Å². The van der Waals surface area contributed by atoms with Crippen LogP contribution in [0.1, 0.15) is 25.7 Å². The van der Waals surface area contributed by atoms with Crippen molar-refractivity contribution < 1.29 is 28.2 Å². The molecular weight excluding hydrogens is 328 g/mol. The Labute approximate surface area is 136 Å². The molecule has 0 aromatic rings. The minimum Gasteiger partial charge on any atom is -0.616 e. The zero-order chi connectivity index (χ0) is 15.9. The maximum absolute atomic E-state index is 11.9. The van der Waals surface area contributed by atoms with Gasteiger partial charge in [0.1, 0.15) is 23.0 Å². The fourth-order valence-corrected chi connectivity index (χ4v) is 5.53. The molecule has 126 valence electrons. The lowest BCUT2D eigenvalue weighted by Crippen LogP contribution is -2.24. The average Bonchev–Trinajstić information content (AvgIpc) is 3.09. The van der Waals surface area contributed by atoms with E-state index < -0.39 is 22.4 Å². The number of hydrogen-bond donors (Lipinski definition) is 0. The molecule has 0 saturated carbocycles. The van der Waals surface area contributed by atoms with Gasteiger partial charge in [-0.15, -0.1) is 0 Å². The van der Waals surface area contributed by atoms with Gasteiger partial charge in [-0.25, -0.2) is 0 Å². The topological polar surface area (TPSA) is 98.7 Å². The first-order chi connectivity index (χ1) is 10.6. The van der Waals surface area contributed by atoms with Crippen molar-refractivity contribution in [3.8, 4) is 0 Å². The summed E-state index contributed by atoms with van der Waals surface area (Å²) in [6, 6.07) is 0. The second-order valence-electron chi connectivity index (χ2n) is 5.58. The summed E-state index contributed by atoms with van der Waals surface area (Å²) >= 11 is -2.11. The quantitative estimate of drug-likeness (QED) is 0.441. The van der Waals surface area contributed by atoms with Crippen molar-refractivity contribution in [1.82, 2.24) is 0 Å². The van der Waals surface area contributed by atoms with Crippen LogP contribution in [0.25, 0.3) is 0 Å². The van der Waals surface area contributed by atoms with Gasteiger partial charge < -0.3 is 18.6 Å². The molecule has 4 unspecified atom stereocenters. The molecule has 2 aliphatic heterocycles. The number of esters is 2. The van der Waals surface area contributed by atoms with E-state index in [1.54, 1.807) is 0 Å². The van der Waals surface area contributed by atoms with Crippen molar-refractivity contribution in [3.63, 3.8) is 0 Å². The monoisotopic (exact) mass is 350 g/mol. The van der Waals surface area contributed by atoms with Crippen LogP contribution in [0.15, 0.2) is 0 Å². The van der Waals surface area contributed by atoms with Crippen LogP contribution in [-0.2, 0) is 41.4 Å². The molecule has 0 radical (unpaired) electrons. The fraction of sp³-hybridized carbons (Fsp3) is 0.857. The third-order valence-electron chi connectivity index (χ3n) is 4.01. The first-order valence-corrected chi connectivity index (χ1v) is 10.6. The van der Waals surface area contributed by atoms with Gasteiger partial charge in [-0.2, -0.15) is 0 Å². The molecule has 0 spiro atoms. The van der Waals surface area contributed by atoms with Crippen molar-refractivity contribution in [2.45, 2.75) is 25.7 Å². The highest BCUT2D eigenvalue weighted by molar-refractivity contribution is 7.95. The van der Waals surface area contributed by atoms with E-state index in [1.807, 2.05) is 0 Å². The summed E-state index contributed by atoms with van der Waals surface area (Å²) in [4.78, 5) is 22.6. The molecule has 0 N–H and O–H groups in total. The molecule has 0 aliphatic carbocycles. The first kappa shape index (κ1) is 17.9. The highest BCUT2D eigenvalue weighted by atomic mass is 32.2. The number of carbonyl (C=O) groups is 2. The Morgan fingerprint density at radius 3 is 1.55 bits per heavy atom. The molecule has 2 aliphatic rings. The zero-order valence-corrected chi connectivity index (χ0v) is 14.1. The van der Waals surface area contributed by atoms with Crippen molar-refractivity contribution in [2.75, 3.05) is 36.2 Å². The van der Waals surface area contributed by atoms with Crippen molar-refractivity contribution in [3.05, 3.63) is 0 Å². The van der Waals surface area contributed by atoms with E-state index in [0.29, 0.717) is 61.9 Å². The largest absolute Gasteiger partial charge is 0.616 e. The SMILES string of the molecule is O=C1OCCC1CC[S+]([O-])CC[S+]([O-])CCC1CCOC1=O. The van der Waals surface area contributed by atoms with E-state index in [2.05, 4.69) is 0 Å². The molecule has 2 heterocycles. The van der Waals surface area contributed by atoms with Gasteiger partial charge in [-0.1, -0.05) is 0 Å². The summed E-state index contributed by atoms with van der Waals surface area (Å²) in [6.45, 7) is 0.924. The summed E-state index contributed by atoms with van der Waals surface area (Å²) < 4.78 is 33.5. The van der Waals surface area contributed by atoms with Gasteiger partial charge in [0.2, 0.25) is 0 Å². The Hall–Kier alpha value is -0.440. The maximum Gasteiger partial charge on any atom is 0.309 e. The van der Waals surface area contributed by atoms with Gasteiger partial charge in [-0.05, 0) is 35.2 Å². The van der Waals surface area contributed by atoms with E-state index in [1.165, 1.54) is 0 Å². The predicted molar refractivity (Wildman–Crippen MR) is 83.1 cm³/mol. The van der Waals surface area contributed by atoms with Crippen LogP contribution in [0.4, 0.5) is 0 Å². The Morgan fingerprint density at radius 1 is 0.818 bits per heavy atom. The number of hydrogen-bond acceptors (Lipinski definition) is 6. The Bertz CT molecular complexity index is 356. The summed E-state index contributed by atoms with van der Waals surface area (Å²) in [6.07, 6.45) is 2.57. The third-order valence-corrected chi connectivity index (χ3v) is 6.97. The maximum atomic E-state index is 11.9. The zero-order valence-electron chi connectivity index (χ0n) is 12.5. The van der Waals surface area contributed by atoms with E-state index in [9.17, 15) is 18.7 Å². The Kier molecular flexibility index (Phi) is 7.33.